The molecule has 0 aliphatic carbocycles. The number of anilines is 1. The molecule has 118 valence electrons. The first-order valence-corrected chi connectivity index (χ1v) is 8.28. The number of nitrogens with one attached hydrogen (secondary N) is 1. The van der Waals surface area contributed by atoms with Crippen molar-refractivity contribution in [3.8, 4) is 0 Å². The SMILES string of the molecule is CCC(=O)c1ccc(NCc2ccnn2C)c(S(N)(=O)=O)c1. The molecule has 1 heterocycles. The van der Waals surface area contributed by atoms with E-state index >= 15 is 0 Å². The number of primary sulfonamides is 1. The maximum atomic E-state index is 11.8. The maximum Gasteiger partial charge on any atom is 0.240 e. The van der Waals surface area contributed by atoms with E-state index in [4.69, 9.17) is 5.14 Å². The number of rotatable bonds is 6. The molecule has 0 aliphatic rings. The Morgan fingerprint density at radius 2 is 2.09 bits per heavy atom. The van der Waals surface area contributed by atoms with Gasteiger partial charge in [0.15, 0.2) is 5.78 Å². The van der Waals surface area contributed by atoms with Gasteiger partial charge in [-0.15, -0.1) is 0 Å². The van der Waals surface area contributed by atoms with Gasteiger partial charge in [-0.2, -0.15) is 5.10 Å². The van der Waals surface area contributed by atoms with Crippen molar-refractivity contribution in [2.24, 2.45) is 12.2 Å². The number of benzene rings is 1. The van der Waals surface area contributed by atoms with Crippen molar-refractivity contribution in [3.05, 3.63) is 41.7 Å². The number of ketones is 1. The first kappa shape index (κ1) is 16.2. The van der Waals surface area contributed by atoms with Gasteiger partial charge in [0.1, 0.15) is 4.90 Å². The van der Waals surface area contributed by atoms with Crippen molar-refractivity contribution in [2.75, 3.05) is 5.32 Å². The predicted molar refractivity (Wildman–Crippen MR) is 83.0 cm³/mol. The van der Waals surface area contributed by atoms with Crippen molar-refractivity contribution in [1.82, 2.24) is 9.78 Å². The summed E-state index contributed by atoms with van der Waals surface area (Å²) >= 11 is 0. The van der Waals surface area contributed by atoms with Crippen LogP contribution in [0, 0.1) is 0 Å². The highest BCUT2D eigenvalue weighted by Crippen LogP contribution is 2.23. The third-order valence-corrected chi connectivity index (χ3v) is 4.26. The van der Waals surface area contributed by atoms with Crippen LogP contribution in [0.5, 0.6) is 0 Å². The summed E-state index contributed by atoms with van der Waals surface area (Å²) in [5, 5.41) is 12.3. The minimum absolute atomic E-state index is 0.0889. The van der Waals surface area contributed by atoms with Crippen LogP contribution in [0.4, 0.5) is 5.69 Å². The third-order valence-electron chi connectivity index (χ3n) is 3.31. The molecule has 0 aliphatic heterocycles. The lowest BCUT2D eigenvalue weighted by Crippen LogP contribution is -2.16. The molecule has 0 unspecified atom stereocenters. The Labute approximate surface area is 129 Å². The van der Waals surface area contributed by atoms with Gasteiger partial charge < -0.3 is 5.32 Å². The Bertz CT molecular complexity index is 796. The van der Waals surface area contributed by atoms with Crippen LogP contribution in [0.15, 0.2) is 35.4 Å². The second-order valence-corrected chi connectivity index (χ2v) is 6.36. The highest BCUT2D eigenvalue weighted by molar-refractivity contribution is 7.89. The first-order valence-electron chi connectivity index (χ1n) is 6.73. The second-order valence-electron chi connectivity index (χ2n) is 4.83. The summed E-state index contributed by atoms with van der Waals surface area (Å²) in [5.41, 5.74) is 1.57. The number of carbonyl (C=O) groups excluding carboxylic acids is 1. The Balaban J connectivity index is 2.34. The Morgan fingerprint density at radius 3 is 2.64 bits per heavy atom. The molecule has 0 amide bonds. The molecule has 0 spiro atoms. The molecule has 8 heteroatoms. The van der Waals surface area contributed by atoms with Crippen molar-refractivity contribution in [3.63, 3.8) is 0 Å². The van der Waals surface area contributed by atoms with Crippen LogP contribution in [0.2, 0.25) is 0 Å². The average Bonchev–Trinajstić information content (AvgIpc) is 2.88. The molecule has 2 rings (SSSR count). The van der Waals surface area contributed by atoms with E-state index in [1.807, 2.05) is 6.07 Å². The van der Waals surface area contributed by atoms with Crippen LogP contribution in [0.25, 0.3) is 0 Å². The van der Waals surface area contributed by atoms with E-state index in [0.29, 0.717) is 24.2 Å². The van der Waals surface area contributed by atoms with Crippen LogP contribution in [-0.2, 0) is 23.6 Å². The van der Waals surface area contributed by atoms with Gasteiger partial charge in [-0.1, -0.05) is 6.92 Å². The maximum absolute atomic E-state index is 11.8. The zero-order chi connectivity index (χ0) is 16.3. The molecular formula is C14H18N4O3S. The normalized spacial score (nSPS) is 11.4. The quantitative estimate of drug-likeness (QED) is 0.779. The van der Waals surface area contributed by atoms with Gasteiger partial charge in [0, 0.05) is 25.2 Å². The summed E-state index contributed by atoms with van der Waals surface area (Å²) in [7, 11) is -2.14. The Hall–Kier alpha value is -2.19. The summed E-state index contributed by atoms with van der Waals surface area (Å²) in [6.45, 7) is 2.10. The van der Waals surface area contributed by atoms with Gasteiger partial charge in [-0.25, -0.2) is 13.6 Å². The molecule has 22 heavy (non-hydrogen) atoms. The number of aromatic nitrogens is 2. The van der Waals surface area contributed by atoms with E-state index in [9.17, 15) is 13.2 Å². The Kier molecular flexibility index (Phi) is 4.62. The van der Waals surface area contributed by atoms with E-state index in [1.54, 1.807) is 37.0 Å². The monoisotopic (exact) mass is 322 g/mol. The van der Waals surface area contributed by atoms with E-state index < -0.39 is 10.0 Å². The minimum atomic E-state index is -3.94. The number of aryl methyl sites for hydroxylation is 1. The van der Waals surface area contributed by atoms with Crippen LogP contribution in [0.3, 0.4) is 0 Å². The Morgan fingerprint density at radius 1 is 1.36 bits per heavy atom. The molecule has 0 saturated heterocycles. The molecule has 0 fully saturated rings. The molecule has 1 aromatic carbocycles. The summed E-state index contributed by atoms with van der Waals surface area (Å²) < 4.78 is 25.2. The lowest BCUT2D eigenvalue weighted by molar-refractivity contribution is 0.0988. The molecular weight excluding hydrogens is 304 g/mol. The van der Waals surface area contributed by atoms with Crippen molar-refractivity contribution in [1.29, 1.82) is 0 Å². The first-order chi connectivity index (χ1) is 10.3. The van der Waals surface area contributed by atoms with Gasteiger partial charge in [0.2, 0.25) is 10.0 Å². The van der Waals surface area contributed by atoms with Crippen LogP contribution in [0.1, 0.15) is 29.4 Å². The fourth-order valence-corrected chi connectivity index (χ4v) is 2.78. The molecule has 1 aromatic heterocycles. The van der Waals surface area contributed by atoms with Gasteiger partial charge in [-0.05, 0) is 24.3 Å². The molecule has 0 atom stereocenters. The number of carbonyl (C=O) groups is 1. The highest BCUT2D eigenvalue weighted by Gasteiger charge is 2.17. The summed E-state index contributed by atoms with van der Waals surface area (Å²) in [6, 6.07) is 6.27. The molecule has 7 nitrogen and oxygen atoms in total. The predicted octanol–water partition coefficient (Wildman–Crippen LogP) is 1.27. The van der Waals surface area contributed by atoms with Crippen molar-refractivity contribution < 1.29 is 13.2 Å². The van der Waals surface area contributed by atoms with Crippen molar-refractivity contribution in [2.45, 2.75) is 24.8 Å². The fourth-order valence-electron chi connectivity index (χ4n) is 2.04. The van der Waals surface area contributed by atoms with E-state index in [2.05, 4.69) is 10.4 Å². The topological polar surface area (TPSA) is 107 Å². The lowest BCUT2D eigenvalue weighted by atomic mass is 10.1. The second kappa shape index (κ2) is 6.29. The van der Waals surface area contributed by atoms with E-state index in [1.165, 1.54) is 6.07 Å². The lowest BCUT2D eigenvalue weighted by Gasteiger charge is -2.12. The van der Waals surface area contributed by atoms with Crippen molar-refractivity contribution >= 4 is 21.5 Å². The largest absolute Gasteiger partial charge is 0.378 e. The van der Waals surface area contributed by atoms with Crippen LogP contribution < -0.4 is 10.5 Å². The van der Waals surface area contributed by atoms with Gasteiger partial charge in [0.05, 0.1) is 17.9 Å². The molecule has 0 radical (unpaired) electrons. The number of Topliss-reactive ketones (excluding diaryl/α,β-unsaturated/α-hetero) is 1. The number of sulfonamides is 1. The summed E-state index contributed by atoms with van der Waals surface area (Å²) in [5.74, 6) is -0.136. The molecule has 0 saturated carbocycles. The number of hydrogen-bond donors (Lipinski definition) is 2. The number of nitrogens with two attached hydrogens (primary N) is 1. The summed E-state index contributed by atoms with van der Waals surface area (Å²) in [4.78, 5) is 11.6. The average molecular weight is 322 g/mol. The smallest absolute Gasteiger partial charge is 0.240 e. The van der Waals surface area contributed by atoms with E-state index in [0.717, 1.165) is 5.69 Å². The van der Waals surface area contributed by atoms with Crippen LogP contribution >= 0.6 is 0 Å². The van der Waals surface area contributed by atoms with Gasteiger partial charge in [0.25, 0.3) is 0 Å². The number of nitrogens with zero attached hydrogens (tertiary/aromatic N) is 2. The zero-order valence-electron chi connectivity index (χ0n) is 12.4. The summed E-state index contributed by atoms with van der Waals surface area (Å²) in [6.07, 6.45) is 1.95. The third kappa shape index (κ3) is 3.52. The van der Waals surface area contributed by atoms with Gasteiger partial charge in [-0.3, -0.25) is 9.48 Å². The van der Waals surface area contributed by atoms with Crippen LogP contribution in [-0.4, -0.2) is 24.0 Å². The number of hydrogen-bond acceptors (Lipinski definition) is 5. The highest BCUT2D eigenvalue weighted by atomic mass is 32.2. The molecule has 2 aromatic rings. The van der Waals surface area contributed by atoms with Gasteiger partial charge >= 0.3 is 0 Å². The molecule has 0 bridgehead atoms. The van der Waals surface area contributed by atoms with E-state index in [-0.39, 0.29) is 10.7 Å². The standard InChI is InChI=1S/C14H18N4O3S/c1-3-13(19)10-4-5-12(14(8-10)22(15,20)21)16-9-11-6-7-17-18(11)2/h4-8,16H,3,9H2,1-2H3,(H2,15,20,21). The zero-order valence-corrected chi connectivity index (χ0v) is 13.2. The minimum Gasteiger partial charge on any atom is -0.378 e. The fraction of sp³-hybridized carbons (Fsp3) is 0.286. The molecule has 3 N–H and O–H groups in total.